The first kappa shape index (κ1) is 10.8. The smallest absolute Gasteiger partial charge is 0.294 e. The highest BCUT2D eigenvalue weighted by molar-refractivity contribution is 7.09. The molecule has 1 atom stereocenters. The van der Waals surface area contributed by atoms with Gasteiger partial charge in [-0.2, -0.15) is 0 Å². The summed E-state index contributed by atoms with van der Waals surface area (Å²) in [4.78, 5) is 15.7. The minimum atomic E-state index is -0.341. The summed E-state index contributed by atoms with van der Waals surface area (Å²) in [5.74, 6) is 0. The molecule has 0 amide bonds. The van der Waals surface area contributed by atoms with Crippen molar-refractivity contribution in [2.45, 2.75) is 13.0 Å². The van der Waals surface area contributed by atoms with Crippen molar-refractivity contribution >= 4 is 17.8 Å². The largest absolute Gasteiger partial charge is 0.454 e. The van der Waals surface area contributed by atoms with E-state index in [-0.39, 0.29) is 6.10 Å². The number of benzene rings is 1. The van der Waals surface area contributed by atoms with E-state index in [1.807, 2.05) is 37.3 Å². The number of ether oxygens (including phenoxy) is 1. The minimum Gasteiger partial charge on any atom is -0.454 e. The van der Waals surface area contributed by atoms with Crippen molar-refractivity contribution in [2.24, 2.45) is 0 Å². The Kier molecular flexibility index (Phi) is 3.31. The van der Waals surface area contributed by atoms with E-state index in [0.717, 1.165) is 16.1 Å². The van der Waals surface area contributed by atoms with Gasteiger partial charge in [-0.15, -0.1) is 11.3 Å². The molecule has 0 spiro atoms. The van der Waals surface area contributed by atoms with Crippen molar-refractivity contribution in [3.63, 3.8) is 0 Å². The Balaban J connectivity index is 2.39. The number of hydrogen-bond donors (Lipinski definition) is 0. The summed E-state index contributed by atoms with van der Waals surface area (Å²) in [5, 5.41) is 0. The van der Waals surface area contributed by atoms with Crippen LogP contribution in [0, 0.1) is 6.92 Å². The predicted octanol–water partition coefficient (Wildman–Crippen LogP) is 2.71. The molecular weight excluding hydrogens is 222 g/mol. The second-order valence-corrected chi connectivity index (χ2v) is 4.21. The van der Waals surface area contributed by atoms with Gasteiger partial charge in [0.1, 0.15) is 0 Å². The van der Waals surface area contributed by atoms with Crippen LogP contribution in [0.1, 0.15) is 22.2 Å². The van der Waals surface area contributed by atoms with Gasteiger partial charge in [-0.3, -0.25) is 4.79 Å². The highest BCUT2D eigenvalue weighted by Gasteiger charge is 2.19. The molecule has 1 aromatic heterocycles. The molecule has 16 heavy (non-hydrogen) atoms. The van der Waals surface area contributed by atoms with Crippen LogP contribution in [0.25, 0.3) is 0 Å². The van der Waals surface area contributed by atoms with Gasteiger partial charge in [-0.1, -0.05) is 30.3 Å². The molecule has 0 saturated heterocycles. The lowest BCUT2D eigenvalue weighted by Gasteiger charge is -2.14. The maximum Gasteiger partial charge on any atom is 0.294 e. The predicted molar refractivity (Wildman–Crippen MR) is 62.3 cm³/mol. The monoisotopic (exact) mass is 233 g/mol. The average molecular weight is 233 g/mol. The van der Waals surface area contributed by atoms with E-state index in [2.05, 4.69) is 4.98 Å². The van der Waals surface area contributed by atoms with Crippen molar-refractivity contribution in [1.82, 2.24) is 4.98 Å². The van der Waals surface area contributed by atoms with E-state index < -0.39 is 0 Å². The van der Waals surface area contributed by atoms with Crippen LogP contribution in [0.4, 0.5) is 0 Å². The zero-order valence-corrected chi connectivity index (χ0v) is 9.61. The number of aromatic nitrogens is 1. The van der Waals surface area contributed by atoms with Crippen molar-refractivity contribution < 1.29 is 9.53 Å². The highest BCUT2D eigenvalue weighted by Crippen LogP contribution is 2.30. The second-order valence-electron chi connectivity index (χ2n) is 3.33. The summed E-state index contributed by atoms with van der Waals surface area (Å²) < 4.78 is 5.14. The minimum absolute atomic E-state index is 0.341. The molecule has 0 aliphatic rings. The number of carbonyl (C=O) groups is 1. The maximum atomic E-state index is 10.6. The summed E-state index contributed by atoms with van der Waals surface area (Å²) >= 11 is 1.50. The number of carbonyl (C=O) groups excluding carboxylic acids is 1. The molecule has 1 aromatic carbocycles. The Hall–Kier alpha value is -1.68. The van der Waals surface area contributed by atoms with Crippen molar-refractivity contribution in [2.75, 3.05) is 0 Å². The standard InChI is InChI=1S/C12H11NO2S/c1-9-12(16-7-13-9)11(15-8-14)10-5-3-2-4-6-10/h2-8,11H,1H3. The second kappa shape index (κ2) is 4.90. The van der Waals surface area contributed by atoms with Gasteiger partial charge in [0.2, 0.25) is 0 Å². The number of nitrogens with zero attached hydrogens (tertiary/aromatic N) is 1. The van der Waals surface area contributed by atoms with E-state index >= 15 is 0 Å². The average Bonchev–Trinajstić information content (AvgIpc) is 2.73. The van der Waals surface area contributed by atoms with Crippen molar-refractivity contribution in [3.8, 4) is 0 Å². The molecule has 2 rings (SSSR count). The van der Waals surface area contributed by atoms with Crippen molar-refractivity contribution in [3.05, 3.63) is 52.0 Å². The summed E-state index contributed by atoms with van der Waals surface area (Å²) in [5.41, 5.74) is 3.62. The quantitative estimate of drug-likeness (QED) is 0.762. The van der Waals surface area contributed by atoms with Gasteiger partial charge in [-0.25, -0.2) is 4.98 Å². The van der Waals surface area contributed by atoms with Gasteiger partial charge >= 0.3 is 0 Å². The summed E-state index contributed by atoms with van der Waals surface area (Å²) in [6.07, 6.45) is -0.341. The third kappa shape index (κ3) is 2.12. The zero-order valence-electron chi connectivity index (χ0n) is 8.79. The van der Waals surface area contributed by atoms with Crippen LogP contribution in [-0.4, -0.2) is 11.5 Å². The Morgan fingerprint density at radius 1 is 1.38 bits per heavy atom. The van der Waals surface area contributed by atoms with Gasteiger partial charge in [0, 0.05) is 0 Å². The Morgan fingerprint density at radius 3 is 2.69 bits per heavy atom. The van der Waals surface area contributed by atoms with Gasteiger partial charge in [0.15, 0.2) is 6.10 Å². The highest BCUT2D eigenvalue weighted by atomic mass is 32.1. The Bertz CT molecular complexity index is 467. The fourth-order valence-electron chi connectivity index (χ4n) is 1.54. The molecule has 0 saturated carbocycles. The molecule has 2 aromatic rings. The van der Waals surface area contributed by atoms with Crippen LogP contribution < -0.4 is 0 Å². The molecule has 0 aliphatic heterocycles. The normalized spacial score (nSPS) is 12.1. The molecule has 0 radical (unpaired) electrons. The van der Waals surface area contributed by atoms with Crippen LogP contribution in [0.15, 0.2) is 35.8 Å². The molecular formula is C12H11NO2S. The SMILES string of the molecule is Cc1ncsc1C(OC=O)c1ccccc1. The fraction of sp³-hybridized carbons (Fsp3) is 0.167. The lowest BCUT2D eigenvalue weighted by molar-refractivity contribution is -0.132. The molecule has 0 bridgehead atoms. The van der Waals surface area contributed by atoms with E-state index in [0.29, 0.717) is 6.47 Å². The van der Waals surface area contributed by atoms with E-state index in [9.17, 15) is 4.79 Å². The van der Waals surface area contributed by atoms with Crippen LogP contribution in [-0.2, 0) is 9.53 Å². The first-order chi connectivity index (χ1) is 7.83. The van der Waals surface area contributed by atoms with Crippen LogP contribution >= 0.6 is 11.3 Å². The lowest BCUT2D eigenvalue weighted by atomic mass is 10.1. The number of aryl methyl sites for hydroxylation is 1. The Morgan fingerprint density at radius 2 is 2.12 bits per heavy atom. The third-order valence-corrected chi connectivity index (χ3v) is 3.29. The summed E-state index contributed by atoms with van der Waals surface area (Å²) in [7, 11) is 0. The molecule has 4 heteroatoms. The number of hydrogen-bond acceptors (Lipinski definition) is 4. The van der Waals surface area contributed by atoms with Crippen LogP contribution in [0.3, 0.4) is 0 Å². The fourth-order valence-corrected chi connectivity index (χ4v) is 2.40. The molecule has 0 fully saturated rings. The zero-order chi connectivity index (χ0) is 11.4. The first-order valence-electron chi connectivity index (χ1n) is 4.87. The topological polar surface area (TPSA) is 39.2 Å². The molecule has 1 unspecified atom stereocenters. The third-order valence-electron chi connectivity index (χ3n) is 2.31. The number of rotatable bonds is 4. The van der Waals surface area contributed by atoms with Crippen LogP contribution in [0.2, 0.25) is 0 Å². The molecule has 0 N–H and O–H groups in total. The summed E-state index contributed by atoms with van der Waals surface area (Å²) in [6.45, 7) is 2.40. The Labute approximate surface area is 97.7 Å². The van der Waals surface area contributed by atoms with Gasteiger partial charge < -0.3 is 4.74 Å². The van der Waals surface area contributed by atoms with E-state index in [1.165, 1.54) is 11.3 Å². The van der Waals surface area contributed by atoms with Crippen LogP contribution in [0.5, 0.6) is 0 Å². The molecule has 0 aliphatic carbocycles. The van der Waals surface area contributed by atoms with E-state index in [4.69, 9.17) is 4.74 Å². The van der Waals surface area contributed by atoms with Gasteiger partial charge in [0.05, 0.1) is 16.1 Å². The molecule has 3 nitrogen and oxygen atoms in total. The van der Waals surface area contributed by atoms with Gasteiger partial charge in [0.25, 0.3) is 6.47 Å². The molecule has 82 valence electrons. The summed E-state index contributed by atoms with van der Waals surface area (Å²) in [6, 6.07) is 9.65. The van der Waals surface area contributed by atoms with E-state index in [1.54, 1.807) is 5.51 Å². The first-order valence-corrected chi connectivity index (χ1v) is 5.75. The maximum absolute atomic E-state index is 10.6. The lowest BCUT2D eigenvalue weighted by Crippen LogP contribution is -2.04. The molecule has 1 heterocycles. The van der Waals surface area contributed by atoms with Gasteiger partial charge in [-0.05, 0) is 12.5 Å². The van der Waals surface area contributed by atoms with Crippen molar-refractivity contribution in [1.29, 1.82) is 0 Å². The number of thiazole rings is 1.